The van der Waals surface area contributed by atoms with Crippen LogP contribution in [0.15, 0.2) is 36.5 Å². The van der Waals surface area contributed by atoms with Crippen LogP contribution < -0.4 is 20.3 Å². The van der Waals surface area contributed by atoms with E-state index in [-0.39, 0.29) is 12.1 Å². The number of benzene rings is 1. The lowest BCUT2D eigenvalue weighted by Crippen LogP contribution is -2.34. The molecule has 0 spiro atoms. The second-order valence-electron chi connectivity index (χ2n) is 7.53. The number of carbonyl (C=O) groups is 1. The van der Waals surface area contributed by atoms with E-state index in [0.717, 1.165) is 43.1 Å². The van der Waals surface area contributed by atoms with E-state index < -0.39 is 0 Å². The maximum absolute atomic E-state index is 12.7. The number of fused-ring (bicyclic) bond motifs is 1. The van der Waals surface area contributed by atoms with Gasteiger partial charge in [-0.25, -0.2) is 9.78 Å². The lowest BCUT2D eigenvalue weighted by Gasteiger charge is -2.21. The number of amides is 2. The molecule has 1 aromatic heterocycles. The van der Waals surface area contributed by atoms with Crippen LogP contribution in [0.5, 0.6) is 5.75 Å². The molecule has 2 aromatic rings. The number of pyridine rings is 1. The van der Waals surface area contributed by atoms with Gasteiger partial charge in [0.25, 0.3) is 0 Å². The number of hydrogen-bond acceptors (Lipinski definition) is 5. The number of ether oxygens (including phenoxy) is 1. The van der Waals surface area contributed by atoms with Gasteiger partial charge in [-0.2, -0.15) is 0 Å². The molecule has 7 heteroatoms. The zero-order valence-electron chi connectivity index (χ0n) is 16.4. The largest absolute Gasteiger partial charge is 0.485 e. The highest BCUT2D eigenvalue weighted by Gasteiger charge is 2.28. The first-order chi connectivity index (χ1) is 13.6. The van der Waals surface area contributed by atoms with Crippen molar-refractivity contribution in [2.24, 2.45) is 0 Å². The fourth-order valence-corrected chi connectivity index (χ4v) is 3.75. The average Bonchev–Trinajstić information content (AvgIpc) is 3.17. The van der Waals surface area contributed by atoms with E-state index in [2.05, 4.69) is 21.7 Å². The summed E-state index contributed by atoms with van der Waals surface area (Å²) in [5.41, 5.74) is 3.28. The molecule has 2 amide bonds. The Kier molecular flexibility index (Phi) is 5.23. The molecule has 0 aliphatic carbocycles. The summed E-state index contributed by atoms with van der Waals surface area (Å²) in [6.07, 6.45) is 4.71. The Hall–Kier alpha value is -2.96. The van der Waals surface area contributed by atoms with Crippen molar-refractivity contribution in [1.29, 1.82) is 0 Å². The smallest absolute Gasteiger partial charge is 0.321 e. The van der Waals surface area contributed by atoms with Crippen molar-refractivity contribution in [3.8, 4) is 5.75 Å². The lowest BCUT2D eigenvalue weighted by atomic mass is 10.0. The maximum Gasteiger partial charge on any atom is 0.321 e. The zero-order chi connectivity index (χ0) is 19.5. The van der Waals surface area contributed by atoms with E-state index in [1.807, 2.05) is 48.2 Å². The molecular formula is C21H27N5O2. The van der Waals surface area contributed by atoms with Gasteiger partial charge in [-0.1, -0.05) is 0 Å². The molecule has 1 atom stereocenters. The van der Waals surface area contributed by atoms with Gasteiger partial charge < -0.3 is 25.2 Å². The number of aromatic nitrogens is 1. The first-order valence-corrected chi connectivity index (χ1v) is 9.82. The predicted molar refractivity (Wildman–Crippen MR) is 111 cm³/mol. The third-order valence-electron chi connectivity index (χ3n) is 5.20. The standard InChI is InChI=1S/C21H27N5O2/c1-25(2)20-19(6-4-11-23-20)28-17-9-12-26(14-17)21(27)24-16-7-8-18-15(13-16)5-3-10-22-18/h4,6-8,11,13,17,22H,3,5,9-10,12,14H2,1-2H3,(H,24,27). The summed E-state index contributed by atoms with van der Waals surface area (Å²) >= 11 is 0. The summed E-state index contributed by atoms with van der Waals surface area (Å²) in [5, 5.41) is 6.42. The van der Waals surface area contributed by atoms with Gasteiger partial charge in [0.05, 0.1) is 6.54 Å². The molecule has 4 rings (SSSR count). The van der Waals surface area contributed by atoms with Gasteiger partial charge in [-0.05, 0) is 48.7 Å². The number of likely N-dealkylation sites (tertiary alicyclic amines) is 1. The highest BCUT2D eigenvalue weighted by atomic mass is 16.5. The Bertz CT molecular complexity index is 854. The Labute approximate surface area is 165 Å². The molecule has 3 heterocycles. The summed E-state index contributed by atoms with van der Waals surface area (Å²) in [6, 6.07) is 9.79. The molecule has 1 fully saturated rings. The van der Waals surface area contributed by atoms with Crippen molar-refractivity contribution in [1.82, 2.24) is 9.88 Å². The van der Waals surface area contributed by atoms with Crippen molar-refractivity contribution >= 4 is 23.2 Å². The van der Waals surface area contributed by atoms with E-state index in [1.54, 1.807) is 6.20 Å². The van der Waals surface area contributed by atoms with Gasteiger partial charge in [0.2, 0.25) is 0 Å². The van der Waals surface area contributed by atoms with Crippen molar-refractivity contribution in [2.45, 2.75) is 25.4 Å². The van der Waals surface area contributed by atoms with E-state index in [0.29, 0.717) is 13.1 Å². The first kappa shape index (κ1) is 18.4. The first-order valence-electron chi connectivity index (χ1n) is 9.82. The quantitative estimate of drug-likeness (QED) is 0.851. The number of nitrogens with zero attached hydrogens (tertiary/aromatic N) is 3. The zero-order valence-corrected chi connectivity index (χ0v) is 16.4. The number of rotatable bonds is 4. The molecule has 148 valence electrons. The van der Waals surface area contributed by atoms with Crippen molar-refractivity contribution in [3.63, 3.8) is 0 Å². The third kappa shape index (κ3) is 3.98. The second kappa shape index (κ2) is 7.96. The minimum atomic E-state index is -0.0751. The highest BCUT2D eigenvalue weighted by Crippen LogP contribution is 2.28. The van der Waals surface area contributed by atoms with Crippen LogP contribution in [0, 0.1) is 0 Å². The maximum atomic E-state index is 12.7. The molecule has 2 aliphatic heterocycles. The number of urea groups is 1. The molecule has 7 nitrogen and oxygen atoms in total. The van der Waals surface area contributed by atoms with Crippen LogP contribution in [0.3, 0.4) is 0 Å². The Balaban J connectivity index is 1.36. The molecule has 0 radical (unpaired) electrons. The molecule has 0 saturated carbocycles. The summed E-state index contributed by atoms with van der Waals surface area (Å²) in [7, 11) is 3.88. The number of aryl methyl sites for hydroxylation is 1. The van der Waals surface area contributed by atoms with Crippen LogP contribution in [0.4, 0.5) is 22.0 Å². The highest BCUT2D eigenvalue weighted by molar-refractivity contribution is 5.90. The van der Waals surface area contributed by atoms with Crippen LogP contribution in [-0.2, 0) is 6.42 Å². The van der Waals surface area contributed by atoms with E-state index in [1.165, 1.54) is 11.3 Å². The number of carbonyl (C=O) groups excluding carboxylic acids is 1. The molecule has 1 aromatic carbocycles. The molecule has 2 aliphatic rings. The molecule has 0 bridgehead atoms. The van der Waals surface area contributed by atoms with Crippen LogP contribution in [0.1, 0.15) is 18.4 Å². The topological polar surface area (TPSA) is 69.7 Å². The van der Waals surface area contributed by atoms with Gasteiger partial charge in [-0.3, -0.25) is 0 Å². The van der Waals surface area contributed by atoms with Crippen LogP contribution in [-0.4, -0.2) is 55.7 Å². The third-order valence-corrected chi connectivity index (χ3v) is 5.20. The van der Waals surface area contributed by atoms with Crippen molar-refractivity contribution in [2.75, 3.05) is 49.3 Å². The van der Waals surface area contributed by atoms with Crippen LogP contribution in [0.2, 0.25) is 0 Å². The monoisotopic (exact) mass is 381 g/mol. The summed E-state index contributed by atoms with van der Waals surface area (Å²) in [6.45, 7) is 2.26. The van der Waals surface area contributed by atoms with Gasteiger partial charge >= 0.3 is 6.03 Å². The van der Waals surface area contributed by atoms with Crippen molar-refractivity contribution in [3.05, 3.63) is 42.1 Å². The summed E-state index contributed by atoms with van der Waals surface area (Å²) in [4.78, 5) is 20.8. The summed E-state index contributed by atoms with van der Waals surface area (Å²) < 4.78 is 6.14. The van der Waals surface area contributed by atoms with E-state index in [9.17, 15) is 4.79 Å². The van der Waals surface area contributed by atoms with E-state index in [4.69, 9.17) is 4.74 Å². The minimum absolute atomic E-state index is 0.0265. The Morgan fingerprint density at radius 2 is 2.25 bits per heavy atom. The molecule has 1 unspecified atom stereocenters. The van der Waals surface area contributed by atoms with Crippen LogP contribution in [0.25, 0.3) is 0 Å². The van der Waals surface area contributed by atoms with Crippen molar-refractivity contribution < 1.29 is 9.53 Å². The van der Waals surface area contributed by atoms with Crippen LogP contribution >= 0.6 is 0 Å². The number of nitrogens with one attached hydrogen (secondary N) is 2. The molecular weight excluding hydrogens is 354 g/mol. The summed E-state index contributed by atoms with van der Waals surface area (Å²) in [5.74, 6) is 1.55. The molecule has 2 N–H and O–H groups in total. The normalized spacial score (nSPS) is 18.2. The molecule has 1 saturated heterocycles. The predicted octanol–water partition coefficient (Wildman–Crippen LogP) is 3.19. The van der Waals surface area contributed by atoms with E-state index >= 15 is 0 Å². The van der Waals surface area contributed by atoms with Gasteiger partial charge in [0.1, 0.15) is 6.10 Å². The average molecular weight is 381 g/mol. The number of anilines is 3. The van der Waals surface area contributed by atoms with Gasteiger partial charge in [0, 0.05) is 51.2 Å². The fourth-order valence-electron chi connectivity index (χ4n) is 3.75. The fraction of sp³-hybridized carbons (Fsp3) is 0.429. The number of hydrogen-bond donors (Lipinski definition) is 2. The Morgan fingerprint density at radius 1 is 1.36 bits per heavy atom. The lowest BCUT2D eigenvalue weighted by molar-refractivity contribution is 0.195. The minimum Gasteiger partial charge on any atom is -0.485 e. The van der Waals surface area contributed by atoms with Gasteiger partial charge in [0.15, 0.2) is 11.6 Å². The Morgan fingerprint density at radius 3 is 3.11 bits per heavy atom. The SMILES string of the molecule is CN(C)c1ncccc1OC1CCN(C(=O)Nc2ccc3c(c2)CCCN3)C1. The molecule has 28 heavy (non-hydrogen) atoms. The van der Waals surface area contributed by atoms with Gasteiger partial charge in [-0.15, -0.1) is 0 Å². The second-order valence-corrected chi connectivity index (χ2v) is 7.53.